The molecule has 5 nitrogen and oxygen atoms in total. The predicted octanol–water partition coefficient (Wildman–Crippen LogP) is 4.18. The molecule has 28 heavy (non-hydrogen) atoms. The summed E-state index contributed by atoms with van der Waals surface area (Å²) in [5.74, 6) is -2.51. The van der Waals surface area contributed by atoms with Crippen LogP contribution in [-0.2, 0) is 15.0 Å². The second-order valence-electron chi connectivity index (χ2n) is 7.55. The quantitative estimate of drug-likeness (QED) is 0.760. The first-order chi connectivity index (χ1) is 13.1. The second-order valence-corrected chi connectivity index (χ2v) is 7.55. The molecule has 0 atom stereocenters. The van der Waals surface area contributed by atoms with Gasteiger partial charge in [-0.1, -0.05) is 56.3 Å². The number of carboxylic acid groups (broad SMARTS) is 2. The first-order valence-corrected chi connectivity index (χ1v) is 9.16. The van der Waals surface area contributed by atoms with E-state index in [1.54, 1.807) is 0 Å². The van der Waals surface area contributed by atoms with Gasteiger partial charge < -0.3 is 15.1 Å². The molecule has 1 aliphatic carbocycles. The van der Waals surface area contributed by atoms with E-state index < -0.39 is 11.9 Å². The van der Waals surface area contributed by atoms with Crippen LogP contribution in [0.25, 0.3) is 16.3 Å². The van der Waals surface area contributed by atoms with E-state index in [-0.39, 0.29) is 5.41 Å². The van der Waals surface area contributed by atoms with E-state index in [2.05, 4.69) is 75.3 Å². The zero-order valence-electron chi connectivity index (χ0n) is 16.8. The van der Waals surface area contributed by atoms with Gasteiger partial charge in [-0.05, 0) is 48.0 Å². The largest absolute Gasteiger partial charge is 0.478 e. The molecule has 0 heterocycles. The zero-order chi connectivity index (χ0) is 20.9. The van der Waals surface area contributed by atoms with E-state index in [1.807, 2.05) is 0 Å². The van der Waals surface area contributed by atoms with Crippen LogP contribution in [0.5, 0.6) is 0 Å². The maximum Gasteiger partial charge on any atom is 0.328 e. The SMILES string of the molecule is CN(C)CC/C=C1\c2cccc3cccc(c23)C1(C)C.O=C(O)/C=C/C(=O)O. The van der Waals surface area contributed by atoms with Crippen molar-refractivity contribution < 1.29 is 19.8 Å². The fourth-order valence-corrected chi connectivity index (χ4v) is 3.54. The molecule has 2 aromatic carbocycles. The van der Waals surface area contributed by atoms with Crippen molar-refractivity contribution in [2.75, 3.05) is 20.6 Å². The minimum atomic E-state index is -1.26. The summed E-state index contributed by atoms with van der Waals surface area (Å²) in [6.45, 7) is 5.80. The molecule has 0 aromatic heterocycles. The Balaban J connectivity index is 0.000000300. The van der Waals surface area contributed by atoms with Gasteiger partial charge in [0.1, 0.15) is 0 Å². The van der Waals surface area contributed by atoms with Crippen molar-refractivity contribution in [2.45, 2.75) is 25.7 Å². The number of carboxylic acids is 2. The van der Waals surface area contributed by atoms with Crippen LogP contribution < -0.4 is 0 Å². The number of benzene rings is 2. The highest BCUT2D eigenvalue weighted by Crippen LogP contribution is 2.49. The molecule has 0 fully saturated rings. The Kier molecular flexibility index (Phi) is 6.75. The molecule has 0 aliphatic heterocycles. The Morgan fingerprint density at radius 3 is 2.11 bits per heavy atom. The van der Waals surface area contributed by atoms with Crippen LogP contribution in [0.1, 0.15) is 31.4 Å². The van der Waals surface area contributed by atoms with Gasteiger partial charge in [0.15, 0.2) is 0 Å². The van der Waals surface area contributed by atoms with Crippen LogP contribution in [0.3, 0.4) is 0 Å². The van der Waals surface area contributed by atoms with E-state index in [4.69, 9.17) is 10.2 Å². The summed E-state index contributed by atoms with van der Waals surface area (Å²) in [5, 5.41) is 18.4. The Hall–Kier alpha value is -2.92. The van der Waals surface area contributed by atoms with E-state index in [0.717, 1.165) is 13.0 Å². The first-order valence-electron chi connectivity index (χ1n) is 9.16. The topological polar surface area (TPSA) is 77.8 Å². The Morgan fingerprint density at radius 2 is 1.57 bits per heavy atom. The van der Waals surface area contributed by atoms with Gasteiger partial charge in [0, 0.05) is 24.1 Å². The molecule has 0 bridgehead atoms. The molecule has 3 rings (SSSR count). The number of carbonyl (C=O) groups is 2. The Labute approximate surface area is 165 Å². The predicted molar refractivity (Wildman–Crippen MR) is 113 cm³/mol. The summed E-state index contributed by atoms with van der Waals surface area (Å²) < 4.78 is 0. The smallest absolute Gasteiger partial charge is 0.328 e. The third kappa shape index (κ3) is 4.87. The molecule has 148 valence electrons. The molecule has 0 amide bonds. The summed E-state index contributed by atoms with van der Waals surface area (Å²) in [6.07, 6.45) is 4.66. The van der Waals surface area contributed by atoms with E-state index >= 15 is 0 Å². The van der Waals surface area contributed by atoms with Crippen molar-refractivity contribution in [3.05, 3.63) is 65.8 Å². The average Bonchev–Trinajstić information content (AvgIpc) is 2.84. The molecule has 2 aromatic rings. The third-order valence-corrected chi connectivity index (χ3v) is 4.83. The maximum atomic E-state index is 9.55. The molecular weight excluding hydrogens is 354 g/mol. The van der Waals surface area contributed by atoms with Crippen molar-refractivity contribution >= 4 is 28.3 Å². The van der Waals surface area contributed by atoms with Gasteiger partial charge in [0.25, 0.3) is 0 Å². The summed E-state index contributed by atoms with van der Waals surface area (Å²) in [6, 6.07) is 13.4. The lowest BCUT2D eigenvalue weighted by atomic mass is 9.81. The van der Waals surface area contributed by atoms with Gasteiger partial charge in [-0.3, -0.25) is 0 Å². The second kappa shape index (κ2) is 8.85. The highest BCUT2D eigenvalue weighted by atomic mass is 16.4. The lowest BCUT2D eigenvalue weighted by Gasteiger charge is -2.23. The number of aliphatic carboxylic acids is 2. The fourth-order valence-electron chi connectivity index (χ4n) is 3.54. The number of hydrogen-bond donors (Lipinski definition) is 2. The molecule has 0 spiro atoms. The molecular formula is C23H27NO4. The summed E-state index contributed by atoms with van der Waals surface area (Å²) in [7, 11) is 4.27. The number of rotatable bonds is 5. The van der Waals surface area contributed by atoms with Gasteiger partial charge in [0.05, 0.1) is 0 Å². The molecule has 0 saturated carbocycles. The molecule has 2 N–H and O–H groups in total. The molecule has 1 aliphatic rings. The molecule has 5 heteroatoms. The zero-order valence-corrected chi connectivity index (χ0v) is 16.8. The number of allylic oxidation sites excluding steroid dienone is 1. The van der Waals surface area contributed by atoms with Gasteiger partial charge in [-0.2, -0.15) is 0 Å². The number of nitrogens with zero attached hydrogens (tertiary/aromatic N) is 1. The minimum absolute atomic E-state index is 0.121. The van der Waals surface area contributed by atoms with Gasteiger partial charge in [-0.15, -0.1) is 0 Å². The fraction of sp³-hybridized carbons (Fsp3) is 0.304. The van der Waals surface area contributed by atoms with E-state index in [9.17, 15) is 9.59 Å². The van der Waals surface area contributed by atoms with Crippen LogP contribution in [0.2, 0.25) is 0 Å². The lowest BCUT2D eigenvalue weighted by Crippen LogP contribution is -2.16. The molecule has 0 unspecified atom stereocenters. The summed E-state index contributed by atoms with van der Waals surface area (Å²) in [4.78, 5) is 21.4. The van der Waals surface area contributed by atoms with Crippen molar-refractivity contribution in [2.24, 2.45) is 0 Å². The van der Waals surface area contributed by atoms with E-state index in [0.29, 0.717) is 12.2 Å². The van der Waals surface area contributed by atoms with Gasteiger partial charge >= 0.3 is 11.9 Å². The van der Waals surface area contributed by atoms with Crippen LogP contribution in [0.4, 0.5) is 0 Å². The summed E-state index contributed by atoms with van der Waals surface area (Å²) in [5.41, 5.74) is 4.52. The van der Waals surface area contributed by atoms with Gasteiger partial charge in [0.2, 0.25) is 0 Å². The van der Waals surface area contributed by atoms with Crippen LogP contribution in [0.15, 0.2) is 54.6 Å². The van der Waals surface area contributed by atoms with Crippen molar-refractivity contribution in [3.63, 3.8) is 0 Å². The monoisotopic (exact) mass is 381 g/mol. The molecule has 0 radical (unpaired) electrons. The average molecular weight is 381 g/mol. The Morgan fingerprint density at radius 1 is 1.00 bits per heavy atom. The number of hydrogen-bond acceptors (Lipinski definition) is 3. The Bertz CT molecular complexity index is 918. The third-order valence-electron chi connectivity index (χ3n) is 4.83. The normalized spacial score (nSPS) is 15.8. The standard InChI is InChI=1S/C19H23N.C4H4O4/c1-19(2)16(12-7-13-20(3)4)15-10-5-8-14-9-6-11-17(19)18(14)15;5-3(6)1-2-4(7)8/h5-6,8-12H,7,13H2,1-4H3;1-2H,(H,5,6)(H,7,8)/b16-12+;2-1+. The van der Waals surface area contributed by atoms with E-state index in [1.165, 1.54) is 27.5 Å². The van der Waals surface area contributed by atoms with Crippen molar-refractivity contribution in [1.82, 2.24) is 4.90 Å². The van der Waals surface area contributed by atoms with Crippen LogP contribution >= 0.6 is 0 Å². The van der Waals surface area contributed by atoms with Crippen molar-refractivity contribution in [1.29, 1.82) is 0 Å². The lowest BCUT2D eigenvalue weighted by molar-refractivity contribution is -0.134. The maximum absolute atomic E-state index is 9.55. The minimum Gasteiger partial charge on any atom is -0.478 e. The van der Waals surface area contributed by atoms with Crippen LogP contribution in [-0.4, -0.2) is 47.7 Å². The summed E-state index contributed by atoms with van der Waals surface area (Å²) >= 11 is 0. The van der Waals surface area contributed by atoms with Crippen LogP contribution in [0, 0.1) is 0 Å². The highest BCUT2D eigenvalue weighted by Gasteiger charge is 2.35. The van der Waals surface area contributed by atoms with Gasteiger partial charge in [-0.25, -0.2) is 9.59 Å². The van der Waals surface area contributed by atoms with Crippen molar-refractivity contribution in [3.8, 4) is 0 Å². The highest BCUT2D eigenvalue weighted by molar-refractivity contribution is 6.04. The first kappa shape index (κ1) is 21.4. The molecule has 0 saturated heterocycles.